The lowest BCUT2D eigenvalue weighted by Gasteiger charge is -2.28. The molecule has 140 valence electrons. The van der Waals surface area contributed by atoms with Gasteiger partial charge in [0.2, 0.25) is 11.8 Å². The fourth-order valence-corrected chi connectivity index (χ4v) is 2.57. The Bertz CT molecular complexity index is 746. The van der Waals surface area contributed by atoms with Crippen LogP contribution in [0.2, 0.25) is 0 Å². The first-order chi connectivity index (χ1) is 12.1. The summed E-state index contributed by atoms with van der Waals surface area (Å²) in [6, 6.07) is 4.82. The van der Waals surface area contributed by atoms with Crippen LogP contribution >= 0.6 is 0 Å². The van der Waals surface area contributed by atoms with Crippen LogP contribution in [0.25, 0.3) is 0 Å². The van der Waals surface area contributed by atoms with Gasteiger partial charge in [0.05, 0.1) is 0 Å². The Balaban J connectivity index is 2.30. The van der Waals surface area contributed by atoms with Crippen LogP contribution in [-0.4, -0.2) is 53.8 Å². The molecule has 8 heteroatoms. The summed E-state index contributed by atoms with van der Waals surface area (Å²) in [6.07, 6.45) is 0. The molecule has 26 heavy (non-hydrogen) atoms. The number of hydrogen-bond acceptors (Lipinski definition) is 4. The van der Waals surface area contributed by atoms with Crippen LogP contribution in [0.3, 0.4) is 0 Å². The lowest BCUT2D eigenvalue weighted by molar-refractivity contribution is -0.144. The van der Waals surface area contributed by atoms with Crippen molar-refractivity contribution < 1.29 is 19.2 Å². The Labute approximate surface area is 152 Å². The number of hydrogen-bond donors (Lipinski definition) is 2. The number of carbonyl (C=O) groups is 4. The summed E-state index contributed by atoms with van der Waals surface area (Å²) in [5, 5.41) is 7.63. The van der Waals surface area contributed by atoms with Gasteiger partial charge in [-0.15, -0.1) is 0 Å². The first-order valence-electron chi connectivity index (χ1n) is 8.40. The Morgan fingerprint density at radius 3 is 2.23 bits per heavy atom. The van der Waals surface area contributed by atoms with Crippen molar-refractivity contribution in [3.63, 3.8) is 0 Å². The second kappa shape index (κ2) is 7.55. The minimum absolute atomic E-state index is 0.257. The molecule has 4 amide bonds. The summed E-state index contributed by atoms with van der Waals surface area (Å²) in [5.74, 6) is -1.80. The second-order valence-corrected chi connectivity index (χ2v) is 6.60. The number of fused-ring (bicyclic) bond motifs is 1. The minimum Gasteiger partial charge on any atom is -0.344 e. The third-order valence-electron chi connectivity index (χ3n) is 4.38. The van der Waals surface area contributed by atoms with Gasteiger partial charge in [-0.05, 0) is 18.6 Å². The molecular weight excluding hydrogens is 336 g/mol. The zero-order valence-electron chi connectivity index (χ0n) is 15.6. The molecule has 0 bridgehead atoms. The summed E-state index contributed by atoms with van der Waals surface area (Å²) in [6.45, 7) is 4.99. The van der Waals surface area contributed by atoms with Gasteiger partial charge >= 0.3 is 0 Å². The van der Waals surface area contributed by atoms with Crippen LogP contribution in [0.1, 0.15) is 42.7 Å². The lowest BCUT2D eigenvalue weighted by Crippen LogP contribution is -2.51. The number of benzene rings is 1. The van der Waals surface area contributed by atoms with Crippen LogP contribution in [0, 0.1) is 5.92 Å². The molecule has 2 N–H and O–H groups in total. The second-order valence-electron chi connectivity index (χ2n) is 6.60. The quantitative estimate of drug-likeness (QED) is 0.815. The summed E-state index contributed by atoms with van der Waals surface area (Å²) in [7, 11) is 2.96. The fourth-order valence-electron chi connectivity index (χ4n) is 2.57. The van der Waals surface area contributed by atoms with Crippen LogP contribution in [-0.2, 0) is 14.4 Å². The highest BCUT2D eigenvalue weighted by Gasteiger charge is 2.37. The number of amides is 4. The van der Waals surface area contributed by atoms with E-state index < -0.39 is 23.9 Å². The molecule has 0 fully saturated rings. The van der Waals surface area contributed by atoms with Crippen molar-refractivity contribution >= 4 is 23.6 Å². The number of nitrogens with one attached hydrogen (secondary N) is 2. The fraction of sp³-hybridized carbons (Fsp3) is 0.444. The lowest BCUT2D eigenvalue weighted by atomic mass is 9.99. The van der Waals surface area contributed by atoms with Crippen LogP contribution < -0.4 is 10.6 Å². The summed E-state index contributed by atoms with van der Waals surface area (Å²) >= 11 is 0. The molecule has 0 spiro atoms. The monoisotopic (exact) mass is 360 g/mol. The number of likely N-dealkylation sites (N-methyl/N-ethyl adjacent to an activating group) is 1. The van der Waals surface area contributed by atoms with Gasteiger partial charge in [0, 0.05) is 25.6 Å². The van der Waals surface area contributed by atoms with Gasteiger partial charge in [-0.25, -0.2) is 0 Å². The van der Waals surface area contributed by atoms with E-state index >= 15 is 0 Å². The number of hydrazine groups is 1. The summed E-state index contributed by atoms with van der Waals surface area (Å²) in [4.78, 5) is 49.6. The van der Waals surface area contributed by atoms with E-state index in [-0.39, 0.29) is 17.7 Å². The highest BCUT2D eigenvalue weighted by atomic mass is 16.2. The highest BCUT2D eigenvalue weighted by Crippen LogP contribution is 2.25. The van der Waals surface area contributed by atoms with E-state index in [1.807, 2.05) is 0 Å². The molecule has 1 unspecified atom stereocenters. The SMILES string of the molecule is CC(C)C(=O)N[C@@H](C)C(=O)NC1C(=O)N(C)N(C)C(=O)c2ccccc21. The number of nitrogens with zero attached hydrogens (tertiary/aromatic N) is 2. The summed E-state index contributed by atoms with van der Waals surface area (Å²) < 4.78 is 0. The largest absolute Gasteiger partial charge is 0.344 e. The standard InChI is InChI=1S/C18H24N4O4/c1-10(2)15(23)19-11(3)16(24)20-14-12-8-6-7-9-13(12)17(25)21(4)22(5)18(14)26/h6-11,14H,1-5H3,(H,19,23)(H,20,24)/t11-,14?/m0/s1. The molecule has 0 radical (unpaired) electrons. The molecule has 8 nitrogen and oxygen atoms in total. The van der Waals surface area contributed by atoms with E-state index in [4.69, 9.17) is 0 Å². The topological polar surface area (TPSA) is 98.8 Å². The van der Waals surface area contributed by atoms with Crippen LogP contribution in [0.4, 0.5) is 0 Å². The molecule has 2 atom stereocenters. The molecule has 1 aliphatic rings. The van der Waals surface area contributed by atoms with E-state index in [9.17, 15) is 19.2 Å². The molecule has 0 aliphatic carbocycles. The maximum absolute atomic E-state index is 12.8. The van der Waals surface area contributed by atoms with Crippen molar-refractivity contribution in [3.05, 3.63) is 35.4 Å². The van der Waals surface area contributed by atoms with Gasteiger partial charge < -0.3 is 10.6 Å². The third-order valence-corrected chi connectivity index (χ3v) is 4.38. The predicted molar refractivity (Wildman–Crippen MR) is 94.6 cm³/mol. The van der Waals surface area contributed by atoms with Gasteiger partial charge in [-0.1, -0.05) is 32.0 Å². The zero-order chi connectivity index (χ0) is 19.6. The predicted octanol–water partition coefficient (Wildman–Crippen LogP) is 0.464. The summed E-state index contributed by atoms with van der Waals surface area (Å²) in [5.41, 5.74) is 0.770. The normalized spacial score (nSPS) is 18.3. The van der Waals surface area contributed by atoms with Gasteiger partial charge in [0.25, 0.3) is 11.8 Å². The van der Waals surface area contributed by atoms with Gasteiger partial charge in [-0.2, -0.15) is 0 Å². The molecule has 0 saturated carbocycles. The van der Waals surface area contributed by atoms with Gasteiger partial charge in [0.1, 0.15) is 12.1 Å². The van der Waals surface area contributed by atoms with Gasteiger partial charge in [-0.3, -0.25) is 29.2 Å². The molecule has 1 aliphatic heterocycles. The average molecular weight is 360 g/mol. The van der Waals surface area contributed by atoms with E-state index in [2.05, 4.69) is 10.6 Å². The van der Waals surface area contributed by atoms with E-state index in [0.717, 1.165) is 0 Å². The maximum atomic E-state index is 12.8. The molecule has 1 heterocycles. The van der Waals surface area contributed by atoms with E-state index in [1.165, 1.54) is 24.1 Å². The highest BCUT2D eigenvalue weighted by molar-refractivity contribution is 6.02. The van der Waals surface area contributed by atoms with E-state index in [0.29, 0.717) is 11.1 Å². The van der Waals surface area contributed by atoms with Crippen LogP contribution in [0.15, 0.2) is 24.3 Å². The molecule has 0 saturated heterocycles. The maximum Gasteiger partial charge on any atom is 0.272 e. The first kappa shape index (κ1) is 19.4. The minimum atomic E-state index is -1.02. The van der Waals surface area contributed by atoms with Crippen molar-refractivity contribution in [1.29, 1.82) is 0 Å². The Kier molecular flexibility index (Phi) is 5.64. The van der Waals surface area contributed by atoms with Crippen molar-refractivity contribution in [3.8, 4) is 0 Å². The number of rotatable bonds is 4. The zero-order valence-corrected chi connectivity index (χ0v) is 15.6. The Morgan fingerprint density at radius 1 is 1.00 bits per heavy atom. The van der Waals surface area contributed by atoms with Crippen molar-refractivity contribution in [2.45, 2.75) is 32.9 Å². The van der Waals surface area contributed by atoms with Crippen molar-refractivity contribution in [2.24, 2.45) is 5.92 Å². The van der Waals surface area contributed by atoms with Crippen molar-refractivity contribution in [2.75, 3.05) is 14.1 Å². The molecule has 1 aromatic carbocycles. The molecule has 2 rings (SSSR count). The molecular formula is C18H24N4O4. The molecule has 1 aromatic rings. The van der Waals surface area contributed by atoms with Crippen molar-refractivity contribution in [1.82, 2.24) is 20.7 Å². The first-order valence-corrected chi connectivity index (χ1v) is 8.40. The van der Waals surface area contributed by atoms with Gasteiger partial charge in [0.15, 0.2) is 0 Å². The molecule has 0 aromatic heterocycles. The third kappa shape index (κ3) is 3.68. The average Bonchev–Trinajstić information content (AvgIpc) is 2.68. The number of carbonyl (C=O) groups excluding carboxylic acids is 4. The smallest absolute Gasteiger partial charge is 0.272 e. The van der Waals surface area contributed by atoms with Crippen LogP contribution in [0.5, 0.6) is 0 Å². The Hall–Kier alpha value is -2.90. The Morgan fingerprint density at radius 2 is 1.62 bits per heavy atom. The van der Waals surface area contributed by atoms with E-state index in [1.54, 1.807) is 45.0 Å².